The second-order valence-electron chi connectivity index (χ2n) is 7.79. The number of rotatable bonds is 5. The maximum absolute atomic E-state index is 12.9. The predicted molar refractivity (Wildman–Crippen MR) is 127 cm³/mol. The number of amides is 1. The van der Waals surface area contributed by atoms with Crippen molar-refractivity contribution in [1.82, 2.24) is 9.88 Å². The summed E-state index contributed by atoms with van der Waals surface area (Å²) in [7, 11) is 0. The van der Waals surface area contributed by atoms with Gasteiger partial charge in [0.25, 0.3) is 0 Å². The molecule has 2 heterocycles. The zero-order chi connectivity index (χ0) is 21.2. The van der Waals surface area contributed by atoms with E-state index in [1.54, 1.807) is 11.3 Å². The molecule has 3 aromatic carbocycles. The van der Waals surface area contributed by atoms with Gasteiger partial charge in [-0.05, 0) is 41.5 Å². The van der Waals surface area contributed by atoms with Crippen LogP contribution < -0.4 is 9.64 Å². The highest BCUT2D eigenvalue weighted by atomic mass is 32.1. The molecule has 0 radical (unpaired) electrons. The van der Waals surface area contributed by atoms with E-state index in [1.807, 2.05) is 36.1 Å². The molecular weight excluding hydrogens is 406 g/mol. The number of nitrogens with zero attached hydrogens (tertiary/aromatic N) is 3. The van der Waals surface area contributed by atoms with Crippen molar-refractivity contribution < 1.29 is 9.53 Å². The van der Waals surface area contributed by atoms with E-state index in [0.29, 0.717) is 13.0 Å². The van der Waals surface area contributed by atoms with Crippen LogP contribution in [0.5, 0.6) is 5.75 Å². The van der Waals surface area contributed by atoms with Crippen LogP contribution in [0.25, 0.3) is 21.0 Å². The van der Waals surface area contributed by atoms with Crippen LogP contribution in [-0.4, -0.2) is 48.6 Å². The van der Waals surface area contributed by atoms with Gasteiger partial charge in [0.2, 0.25) is 5.91 Å². The van der Waals surface area contributed by atoms with Gasteiger partial charge in [0.1, 0.15) is 5.75 Å². The third kappa shape index (κ3) is 4.21. The molecule has 5 rings (SSSR count). The van der Waals surface area contributed by atoms with Gasteiger partial charge in [-0.1, -0.05) is 53.8 Å². The number of anilines is 1. The minimum absolute atomic E-state index is 0.195. The third-order valence-corrected chi connectivity index (χ3v) is 6.81. The first-order valence-electron chi connectivity index (χ1n) is 10.7. The number of aromatic nitrogens is 1. The topological polar surface area (TPSA) is 45.7 Å². The number of piperazine rings is 1. The number of carbonyl (C=O) groups excluding carboxylic acids is 1. The monoisotopic (exact) mass is 431 g/mol. The maximum atomic E-state index is 12.9. The van der Waals surface area contributed by atoms with Gasteiger partial charge in [-0.2, -0.15) is 0 Å². The molecule has 0 unspecified atom stereocenters. The lowest BCUT2D eigenvalue weighted by Gasteiger charge is -2.34. The largest absolute Gasteiger partial charge is 0.494 e. The summed E-state index contributed by atoms with van der Waals surface area (Å²) in [5, 5.41) is 3.41. The minimum Gasteiger partial charge on any atom is -0.494 e. The normalized spacial score (nSPS) is 14.4. The van der Waals surface area contributed by atoms with Crippen LogP contribution in [-0.2, 0) is 11.2 Å². The Morgan fingerprint density at radius 2 is 1.81 bits per heavy atom. The fourth-order valence-electron chi connectivity index (χ4n) is 4.07. The molecule has 0 spiro atoms. The maximum Gasteiger partial charge on any atom is 0.227 e. The van der Waals surface area contributed by atoms with E-state index in [-0.39, 0.29) is 5.91 Å². The van der Waals surface area contributed by atoms with Crippen molar-refractivity contribution in [1.29, 1.82) is 0 Å². The zero-order valence-corrected chi connectivity index (χ0v) is 18.4. The highest BCUT2D eigenvalue weighted by Gasteiger charge is 2.23. The molecule has 1 aliphatic rings. The molecule has 1 fully saturated rings. The van der Waals surface area contributed by atoms with Crippen LogP contribution in [0.4, 0.5) is 5.13 Å². The van der Waals surface area contributed by atoms with E-state index in [1.165, 1.54) is 10.8 Å². The van der Waals surface area contributed by atoms with Crippen molar-refractivity contribution in [3.05, 3.63) is 66.2 Å². The second-order valence-corrected chi connectivity index (χ2v) is 8.79. The lowest BCUT2D eigenvalue weighted by atomic mass is 10.0. The first-order chi connectivity index (χ1) is 15.2. The Hall–Kier alpha value is -3.12. The van der Waals surface area contributed by atoms with Crippen LogP contribution in [0.3, 0.4) is 0 Å². The van der Waals surface area contributed by atoms with Crippen LogP contribution in [0, 0.1) is 0 Å². The van der Waals surface area contributed by atoms with Crippen molar-refractivity contribution in [3.8, 4) is 5.75 Å². The molecule has 4 aromatic rings. The average Bonchev–Trinajstić information content (AvgIpc) is 3.23. The van der Waals surface area contributed by atoms with Gasteiger partial charge in [-0.3, -0.25) is 4.79 Å². The van der Waals surface area contributed by atoms with Gasteiger partial charge in [-0.15, -0.1) is 0 Å². The van der Waals surface area contributed by atoms with Crippen molar-refractivity contribution in [3.63, 3.8) is 0 Å². The number of fused-ring (bicyclic) bond motifs is 2. The van der Waals surface area contributed by atoms with Gasteiger partial charge < -0.3 is 14.5 Å². The zero-order valence-electron chi connectivity index (χ0n) is 17.6. The van der Waals surface area contributed by atoms with Crippen molar-refractivity contribution in [2.45, 2.75) is 13.3 Å². The first-order valence-corrected chi connectivity index (χ1v) is 11.5. The summed E-state index contributed by atoms with van der Waals surface area (Å²) in [4.78, 5) is 21.9. The molecule has 6 heteroatoms. The number of carbonyl (C=O) groups is 1. The fourth-order valence-corrected chi connectivity index (χ4v) is 5.11. The van der Waals surface area contributed by atoms with Gasteiger partial charge in [0.15, 0.2) is 5.13 Å². The number of benzene rings is 3. The molecule has 1 saturated heterocycles. The molecule has 0 saturated carbocycles. The molecule has 5 nitrogen and oxygen atoms in total. The van der Waals surface area contributed by atoms with E-state index < -0.39 is 0 Å². The molecule has 1 aliphatic heterocycles. The number of thiazole rings is 1. The first kappa shape index (κ1) is 19.8. The van der Waals surface area contributed by atoms with Crippen LogP contribution in [0.15, 0.2) is 60.7 Å². The summed E-state index contributed by atoms with van der Waals surface area (Å²) in [6, 6.07) is 20.6. The number of ether oxygens (including phenoxy) is 1. The standard InChI is InChI=1S/C25H25N3O2S/c1-2-30-21-9-10-22-23(17-21)31-25(26-22)28-13-11-27(12-14-28)24(29)16-18-7-8-19-5-3-4-6-20(19)15-18/h3-10,15,17H,2,11-14,16H2,1H3. The van der Waals surface area contributed by atoms with Crippen molar-refractivity contribution in [2.75, 3.05) is 37.7 Å². The quantitative estimate of drug-likeness (QED) is 0.458. The summed E-state index contributed by atoms with van der Waals surface area (Å²) in [5.74, 6) is 1.08. The predicted octanol–water partition coefficient (Wildman–Crippen LogP) is 4.74. The Morgan fingerprint density at radius 1 is 1.00 bits per heavy atom. The molecule has 0 N–H and O–H groups in total. The molecule has 0 atom stereocenters. The molecule has 31 heavy (non-hydrogen) atoms. The molecule has 0 bridgehead atoms. The number of hydrogen-bond acceptors (Lipinski definition) is 5. The van der Waals surface area contributed by atoms with Crippen LogP contribution >= 0.6 is 11.3 Å². The molecule has 1 amide bonds. The fraction of sp³-hybridized carbons (Fsp3) is 0.280. The van der Waals surface area contributed by atoms with Crippen molar-refractivity contribution >= 4 is 43.4 Å². The van der Waals surface area contributed by atoms with E-state index in [2.05, 4.69) is 41.3 Å². The summed E-state index contributed by atoms with van der Waals surface area (Å²) in [6.07, 6.45) is 0.451. The SMILES string of the molecule is CCOc1ccc2nc(N3CCN(C(=O)Cc4ccc5ccccc5c4)CC3)sc2c1. The van der Waals surface area contributed by atoms with Crippen LogP contribution in [0.2, 0.25) is 0 Å². The van der Waals surface area contributed by atoms with Gasteiger partial charge >= 0.3 is 0 Å². The van der Waals surface area contributed by atoms with Crippen molar-refractivity contribution in [2.24, 2.45) is 0 Å². The van der Waals surface area contributed by atoms with E-state index in [4.69, 9.17) is 9.72 Å². The molecule has 1 aromatic heterocycles. The second kappa shape index (κ2) is 8.55. The van der Waals surface area contributed by atoms with Crippen LogP contribution in [0.1, 0.15) is 12.5 Å². The van der Waals surface area contributed by atoms with E-state index in [9.17, 15) is 4.79 Å². The molecule has 0 aliphatic carbocycles. The van der Waals surface area contributed by atoms with E-state index >= 15 is 0 Å². The lowest BCUT2D eigenvalue weighted by Crippen LogP contribution is -2.49. The summed E-state index contributed by atoms with van der Waals surface area (Å²) < 4.78 is 6.74. The summed E-state index contributed by atoms with van der Waals surface area (Å²) >= 11 is 1.69. The number of hydrogen-bond donors (Lipinski definition) is 0. The minimum atomic E-state index is 0.195. The Kier molecular flexibility index (Phi) is 5.47. The molecular formula is C25H25N3O2S. The Morgan fingerprint density at radius 3 is 2.61 bits per heavy atom. The third-order valence-electron chi connectivity index (χ3n) is 5.73. The van der Waals surface area contributed by atoms with Gasteiger partial charge in [0, 0.05) is 26.2 Å². The highest BCUT2D eigenvalue weighted by molar-refractivity contribution is 7.22. The average molecular weight is 432 g/mol. The Balaban J connectivity index is 1.22. The smallest absolute Gasteiger partial charge is 0.227 e. The molecule has 158 valence electrons. The Labute approximate surface area is 185 Å². The van der Waals surface area contributed by atoms with E-state index in [0.717, 1.165) is 52.8 Å². The summed E-state index contributed by atoms with van der Waals surface area (Å²) in [6.45, 7) is 5.72. The lowest BCUT2D eigenvalue weighted by molar-refractivity contribution is -0.130. The highest BCUT2D eigenvalue weighted by Crippen LogP contribution is 2.32. The van der Waals surface area contributed by atoms with Gasteiger partial charge in [-0.25, -0.2) is 4.98 Å². The Bertz CT molecular complexity index is 1230. The van der Waals surface area contributed by atoms with Gasteiger partial charge in [0.05, 0.1) is 23.2 Å². The summed E-state index contributed by atoms with van der Waals surface area (Å²) in [5.41, 5.74) is 2.07.